The van der Waals surface area contributed by atoms with Gasteiger partial charge >= 0.3 is 0 Å². The molecule has 2 aromatic rings. The van der Waals surface area contributed by atoms with Crippen molar-refractivity contribution in [2.24, 2.45) is 0 Å². The second kappa shape index (κ2) is 8.48. The van der Waals surface area contributed by atoms with Gasteiger partial charge in [0.1, 0.15) is 31.1 Å². The average Bonchev–Trinajstić information content (AvgIpc) is 2.65. The Bertz CT molecular complexity index is 766. The van der Waals surface area contributed by atoms with E-state index in [0.29, 0.717) is 41.9 Å². The Balaban J connectivity index is 1.60. The summed E-state index contributed by atoms with van der Waals surface area (Å²) < 4.78 is 11.0. The molecular formula is C18H23N5O3. The number of hydrogen-bond donors (Lipinski definition) is 2. The molecule has 8 nitrogen and oxygen atoms in total. The predicted molar refractivity (Wildman–Crippen MR) is 99.1 cm³/mol. The molecule has 2 N–H and O–H groups in total. The summed E-state index contributed by atoms with van der Waals surface area (Å²) in [6.45, 7) is 2.79. The highest BCUT2D eigenvalue weighted by molar-refractivity contribution is 6.03. The number of aromatic nitrogens is 2. The van der Waals surface area contributed by atoms with Crippen molar-refractivity contribution in [3.8, 4) is 11.5 Å². The minimum absolute atomic E-state index is 0.296. The molecule has 0 fully saturated rings. The van der Waals surface area contributed by atoms with Crippen LogP contribution >= 0.6 is 0 Å². The van der Waals surface area contributed by atoms with E-state index < -0.39 is 0 Å². The summed E-state index contributed by atoms with van der Waals surface area (Å²) in [5.41, 5.74) is 0.920. The predicted octanol–water partition coefficient (Wildman–Crippen LogP) is 1.86. The van der Waals surface area contributed by atoms with Gasteiger partial charge in [0.2, 0.25) is 0 Å². The summed E-state index contributed by atoms with van der Waals surface area (Å²) in [6, 6.07) is 6.94. The van der Waals surface area contributed by atoms with Crippen LogP contribution in [0, 0.1) is 0 Å². The molecule has 0 saturated carbocycles. The van der Waals surface area contributed by atoms with Crippen molar-refractivity contribution in [1.29, 1.82) is 0 Å². The van der Waals surface area contributed by atoms with Gasteiger partial charge in [-0.05, 0) is 39.2 Å². The molecule has 1 aliphatic heterocycles. The second-order valence-corrected chi connectivity index (χ2v) is 6.18. The number of benzene rings is 1. The van der Waals surface area contributed by atoms with Crippen LogP contribution in [0.25, 0.3) is 0 Å². The quantitative estimate of drug-likeness (QED) is 0.731. The van der Waals surface area contributed by atoms with E-state index in [9.17, 15) is 4.79 Å². The summed E-state index contributed by atoms with van der Waals surface area (Å²) in [6.07, 6.45) is 2.36. The normalized spacial score (nSPS) is 12.7. The molecular weight excluding hydrogens is 334 g/mol. The third kappa shape index (κ3) is 4.82. The van der Waals surface area contributed by atoms with Gasteiger partial charge in [-0.25, -0.2) is 9.97 Å². The molecule has 2 heterocycles. The number of amides is 1. The molecule has 8 heteroatoms. The molecule has 1 amide bonds. The molecule has 0 unspecified atom stereocenters. The molecule has 1 aromatic heterocycles. The van der Waals surface area contributed by atoms with Gasteiger partial charge in [-0.3, -0.25) is 4.79 Å². The number of carbonyl (C=O) groups excluding carboxylic acids is 1. The minimum atomic E-state index is -0.305. The van der Waals surface area contributed by atoms with Gasteiger partial charge in [0, 0.05) is 24.4 Å². The van der Waals surface area contributed by atoms with Crippen molar-refractivity contribution >= 4 is 17.4 Å². The maximum atomic E-state index is 12.4. The lowest BCUT2D eigenvalue weighted by molar-refractivity contribution is 0.102. The van der Waals surface area contributed by atoms with Crippen LogP contribution in [0.5, 0.6) is 11.5 Å². The van der Waals surface area contributed by atoms with Crippen molar-refractivity contribution in [3.63, 3.8) is 0 Å². The highest BCUT2D eigenvalue weighted by Crippen LogP contribution is 2.32. The summed E-state index contributed by atoms with van der Waals surface area (Å²) >= 11 is 0. The number of ether oxygens (including phenoxy) is 2. The molecule has 138 valence electrons. The second-order valence-electron chi connectivity index (χ2n) is 6.18. The first-order chi connectivity index (χ1) is 12.6. The van der Waals surface area contributed by atoms with E-state index >= 15 is 0 Å². The number of nitrogens with one attached hydrogen (secondary N) is 2. The maximum Gasteiger partial charge on any atom is 0.274 e. The van der Waals surface area contributed by atoms with Crippen LogP contribution in [0.15, 0.2) is 30.6 Å². The van der Waals surface area contributed by atoms with Gasteiger partial charge < -0.3 is 25.0 Å². The Kier molecular flexibility index (Phi) is 5.85. The van der Waals surface area contributed by atoms with Crippen molar-refractivity contribution in [2.75, 3.05) is 51.0 Å². The third-order valence-corrected chi connectivity index (χ3v) is 3.79. The smallest absolute Gasteiger partial charge is 0.274 e. The molecule has 0 bridgehead atoms. The lowest BCUT2D eigenvalue weighted by atomic mass is 10.2. The van der Waals surface area contributed by atoms with E-state index in [0.717, 1.165) is 19.5 Å². The third-order valence-electron chi connectivity index (χ3n) is 3.79. The van der Waals surface area contributed by atoms with Gasteiger partial charge in [0.25, 0.3) is 5.91 Å². The van der Waals surface area contributed by atoms with E-state index in [4.69, 9.17) is 9.47 Å². The molecule has 0 saturated heterocycles. The minimum Gasteiger partial charge on any atom is -0.486 e. The number of carbonyl (C=O) groups is 1. The number of fused-ring (bicyclic) bond motifs is 1. The van der Waals surface area contributed by atoms with E-state index in [-0.39, 0.29) is 5.91 Å². The van der Waals surface area contributed by atoms with Crippen LogP contribution in [0.2, 0.25) is 0 Å². The lowest BCUT2D eigenvalue weighted by Gasteiger charge is -2.19. The Hall–Kier alpha value is -2.87. The standard InChI is InChI=1S/C18H23N5O3/c1-23(2)7-3-6-19-17-11-14(20-12-21-17)18(24)22-13-4-5-15-16(10-13)26-9-8-25-15/h4-5,10-12H,3,6-9H2,1-2H3,(H,22,24)(H,19,20,21). The summed E-state index contributed by atoms with van der Waals surface area (Å²) in [5.74, 6) is 1.63. The molecule has 0 atom stereocenters. The first-order valence-electron chi connectivity index (χ1n) is 8.53. The number of hydrogen-bond acceptors (Lipinski definition) is 7. The molecule has 0 spiro atoms. The van der Waals surface area contributed by atoms with E-state index in [1.807, 2.05) is 14.1 Å². The molecule has 26 heavy (non-hydrogen) atoms. The monoisotopic (exact) mass is 357 g/mol. The fraction of sp³-hybridized carbons (Fsp3) is 0.389. The van der Waals surface area contributed by atoms with Gasteiger partial charge in [-0.1, -0.05) is 0 Å². The zero-order valence-corrected chi connectivity index (χ0v) is 15.0. The van der Waals surface area contributed by atoms with Gasteiger partial charge in [0.05, 0.1) is 0 Å². The molecule has 0 aliphatic carbocycles. The van der Waals surface area contributed by atoms with Crippen LogP contribution in [0.1, 0.15) is 16.9 Å². The Morgan fingerprint density at radius 3 is 2.77 bits per heavy atom. The lowest BCUT2D eigenvalue weighted by Crippen LogP contribution is -2.18. The Labute approximate surface area is 152 Å². The number of nitrogens with zero attached hydrogens (tertiary/aromatic N) is 3. The highest BCUT2D eigenvalue weighted by atomic mass is 16.6. The fourth-order valence-electron chi connectivity index (χ4n) is 2.51. The number of anilines is 2. The Morgan fingerprint density at radius 2 is 1.96 bits per heavy atom. The molecule has 1 aromatic carbocycles. The van der Waals surface area contributed by atoms with Gasteiger partial charge in [-0.15, -0.1) is 0 Å². The van der Waals surface area contributed by atoms with Crippen LogP contribution in [-0.2, 0) is 0 Å². The molecule has 1 aliphatic rings. The zero-order valence-electron chi connectivity index (χ0n) is 15.0. The SMILES string of the molecule is CN(C)CCCNc1cc(C(=O)Nc2ccc3c(c2)OCCO3)ncn1. The van der Waals surface area contributed by atoms with E-state index in [1.54, 1.807) is 24.3 Å². The fourth-order valence-corrected chi connectivity index (χ4v) is 2.51. The van der Waals surface area contributed by atoms with Gasteiger partial charge in [0.15, 0.2) is 11.5 Å². The van der Waals surface area contributed by atoms with Crippen LogP contribution in [0.4, 0.5) is 11.5 Å². The van der Waals surface area contributed by atoms with Crippen molar-refractivity contribution in [1.82, 2.24) is 14.9 Å². The maximum absolute atomic E-state index is 12.4. The molecule has 3 rings (SSSR count). The van der Waals surface area contributed by atoms with Crippen LogP contribution in [0.3, 0.4) is 0 Å². The van der Waals surface area contributed by atoms with E-state index in [1.165, 1.54) is 6.33 Å². The largest absolute Gasteiger partial charge is 0.486 e. The summed E-state index contributed by atoms with van der Waals surface area (Å²) in [5, 5.41) is 6.02. The average molecular weight is 357 g/mol. The summed E-state index contributed by atoms with van der Waals surface area (Å²) in [4.78, 5) is 22.8. The zero-order chi connectivity index (χ0) is 18.4. The van der Waals surface area contributed by atoms with Crippen LogP contribution < -0.4 is 20.1 Å². The van der Waals surface area contributed by atoms with Crippen molar-refractivity contribution < 1.29 is 14.3 Å². The molecule has 0 radical (unpaired) electrons. The van der Waals surface area contributed by atoms with Crippen LogP contribution in [-0.4, -0.2) is 61.2 Å². The number of rotatable bonds is 7. The van der Waals surface area contributed by atoms with Crippen molar-refractivity contribution in [2.45, 2.75) is 6.42 Å². The Morgan fingerprint density at radius 1 is 1.15 bits per heavy atom. The highest BCUT2D eigenvalue weighted by Gasteiger charge is 2.14. The topological polar surface area (TPSA) is 88.6 Å². The van der Waals surface area contributed by atoms with E-state index in [2.05, 4.69) is 25.5 Å². The summed E-state index contributed by atoms with van der Waals surface area (Å²) in [7, 11) is 4.07. The first kappa shape index (κ1) is 17.9. The van der Waals surface area contributed by atoms with Gasteiger partial charge in [-0.2, -0.15) is 0 Å². The van der Waals surface area contributed by atoms with Crippen molar-refractivity contribution in [3.05, 3.63) is 36.3 Å². The first-order valence-corrected chi connectivity index (χ1v) is 8.53.